The first kappa shape index (κ1) is 12.7. The topological polar surface area (TPSA) is 42.4 Å². The van der Waals surface area contributed by atoms with Gasteiger partial charge in [-0.25, -0.2) is 0 Å². The standard InChI is InChI=1S/C15H17NO2/c1-11-7-8-16-9-14(11)15(17)13-5-3-12(4-6-13)10-18-2/h3-9,15,17H,10H2,1-2H3. The van der Waals surface area contributed by atoms with E-state index in [1.54, 1.807) is 19.5 Å². The lowest BCUT2D eigenvalue weighted by molar-refractivity contribution is 0.184. The summed E-state index contributed by atoms with van der Waals surface area (Å²) < 4.78 is 5.06. The van der Waals surface area contributed by atoms with Crippen molar-refractivity contribution in [2.24, 2.45) is 0 Å². The Bertz CT molecular complexity index is 508. The van der Waals surface area contributed by atoms with E-state index in [4.69, 9.17) is 4.74 Å². The maximum atomic E-state index is 10.3. The lowest BCUT2D eigenvalue weighted by Crippen LogP contribution is -2.02. The lowest BCUT2D eigenvalue weighted by Gasteiger charge is -2.13. The van der Waals surface area contributed by atoms with Crippen LogP contribution in [0.5, 0.6) is 0 Å². The van der Waals surface area contributed by atoms with Gasteiger partial charge in [-0.3, -0.25) is 4.98 Å². The minimum absolute atomic E-state index is 0.586. The van der Waals surface area contributed by atoms with Gasteiger partial charge in [0.2, 0.25) is 0 Å². The Morgan fingerprint density at radius 3 is 2.56 bits per heavy atom. The molecule has 1 atom stereocenters. The van der Waals surface area contributed by atoms with Gasteiger partial charge < -0.3 is 9.84 Å². The maximum absolute atomic E-state index is 10.3. The molecule has 0 aliphatic rings. The highest BCUT2D eigenvalue weighted by Crippen LogP contribution is 2.24. The van der Waals surface area contributed by atoms with Crippen LogP contribution in [0.25, 0.3) is 0 Å². The molecule has 2 aromatic rings. The lowest BCUT2D eigenvalue weighted by atomic mass is 9.99. The van der Waals surface area contributed by atoms with Gasteiger partial charge >= 0.3 is 0 Å². The van der Waals surface area contributed by atoms with E-state index < -0.39 is 6.10 Å². The molecule has 1 N–H and O–H groups in total. The highest BCUT2D eigenvalue weighted by atomic mass is 16.5. The molecule has 0 aliphatic heterocycles. The van der Waals surface area contributed by atoms with Crippen LogP contribution >= 0.6 is 0 Å². The Hall–Kier alpha value is -1.71. The van der Waals surface area contributed by atoms with E-state index in [1.165, 1.54) is 0 Å². The van der Waals surface area contributed by atoms with Gasteiger partial charge in [-0.05, 0) is 29.7 Å². The quantitative estimate of drug-likeness (QED) is 0.897. The van der Waals surface area contributed by atoms with Gasteiger partial charge in [0.25, 0.3) is 0 Å². The average Bonchev–Trinajstić information content (AvgIpc) is 2.40. The van der Waals surface area contributed by atoms with Crippen molar-refractivity contribution in [3.8, 4) is 0 Å². The summed E-state index contributed by atoms with van der Waals surface area (Å²) >= 11 is 0. The molecule has 0 amide bonds. The van der Waals surface area contributed by atoms with Gasteiger partial charge in [-0.15, -0.1) is 0 Å². The third-order valence-electron chi connectivity index (χ3n) is 2.98. The summed E-state index contributed by atoms with van der Waals surface area (Å²) in [5.74, 6) is 0. The SMILES string of the molecule is COCc1ccc(C(O)c2cnccc2C)cc1. The Kier molecular flexibility index (Phi) is 4.07. The number of pyridine rings is 1. The molecule has 2 rings (SSSR count). The molecular weight excluding hydrogens is 226 g/mol. The minimum atomic E-state index is -0.629. The Labute approximate surface area is 107 Å². The second kappa shape index (κ2) is 5.76. The number of rotatable bonds is 4. The van der Waals surface area contributed by atoms with Crippen molar-refractivity contribution in [2.75, 3.05) is 7.11 Å². The Balaban J connectivity index is 2.23. The van der Waals surface area contributed by atoms with Crippen LogP contribution in [0.1, 0.15) is 28.4 Å². The highest BCUT2D eigenvalue weighted by Gasteiger charge is 2.12. The fourth-order valence-electron chi connectivity index (χ4n) is 1.90. The van der Waals surface area contributed by atoms with Crippen LogP contribution in [0.3, 0.4) is 0 Å². The van der Waals surface area contributed by atoms with Gasteiger partial charge in [-0.1, -0.05) is 24.3 Å². The molecule has 0 spiro atoms. The van der Waals surface area contributed by atoms with Crippen molar-refractivity contribution in [1.82, 2.24) is 4.98 Å². The predicted molar refractivity (Wildman–Crippen MR) is 70.2 cm³/mol. The summed E-state index contributed by atoms with van der Waals surface area (Å²) in [6.07, 6.45) is 2.81. The maximum Gasteiger partial charge on any atom is 0.106 e. The number of hydrogen-bond donors (Lipinski definition) is 1. The molecule has 0 saturated heterocycles. The van der Waals surface area contributed by atoms with Crippen molar-refractivity contribution in [1.29, 1.82) is 0 Å². The molecular formula is C15H17NO2. The Morgan fingerprint density at radius 1 is 1.22 bits per heavy atom. The number of nitrogens with zero attached hydrogens (tertiary/aromatic N) is 1. The molecule has 0 fully saturated rings. The van der Waals surface area contributed by atoms with E-state index in [-0.39, 0.29) is 0 Å². The van der Waals surface area contributed by atoms with Crippen LogP contribution in [-0.2, 0) is 11.3 Å². The van der Waals surface area contributed by atoms with E-state index in [2.05, 4.69) is 4.98 Å². The number of hydrogen-bond acceptors (Lipinski definition) is 3. The van der Waals surface area contributed by atoms with Gasteiger partial charge in [0, 0.05) is 25.1 Å². The third kappa shape index (κ3) is 2.75. The summed E-state index contributed by atoms with van der Waals surface area (Å²) in [5, 5.41) is 10.3. The zero-order valence-electron chi connectivity index (χ0n) is 10.6. The molecule has 18 heavy (non-hydrogen) atoms. The van der Waals surface area contributed by atoms with Crippen LogP contribution in [0, 0.1) is 6.92 Å². The highest BCUT2D eigenvalue weighted by molar-refractivity contribution is 5.34. The summed E-state index contributed by atoms with van der Waals surface area (Å²) in [7, 11) is 1.67. The van der Waals surface area contributed by atoms with Gasteiger partial charge in [-0.2, -0.15) is 0 Å². The monoisotopic (exact) mass is 243 g/mol. The number of benzene rings is 1. The molecule has 1 aromatic carbocycles. The van der Waals surface area contributed by atoms with Crippen molar-refractivity contribution in [2.45, 2.75) is 19.6 Å². The molecule has 0 aliphatic carbocycles. The fourth-order valence-corrected chi connectivity index (χ4v) is 1.90. The second-order valence-electron chi connectivity index (χ2n) is 4.31. The first-order chi connectivity index (χ1) is 8.72. The predicted octanol–water partition coefficient (Wildman–Crippen LogP) is 2.62. The van der Waals surface area contributed by atoms with E-state index in [1.807, 2.05) is 37.3 Å². The van der Waals surface area contributed by atoms with Crippen LogP contribution in [-0.4, -0.2) is 17.2 Å². The van der Waals surface area contributed by atoms with Gasteiger partial charge in [0.1, 0.15) is 6.10 Å². The molecule has 3 heteroatoms. The van der Waals surface area contributed by atoms with Gasteiger partial charge in [0.05, 0.1) is 6.61 Å². The zero-order valence-corrected chi connectivity index (χ0v) is 10.6. The largest absolute Gasteiger partial charge is 0.384 e. The fraction of sp³-hybridized carbons (Fsp3) is 0.267. The summed E-state index contributed by atoms with van der Waals surface area (Å²) in [4.78, 5) is 4.06. The van der Waals surface area contributed by atoms with Crippen molar-refractivity contribution in [3.63, 3.8) is 0 Å². The van der Waals surface area contributed by atoms with Crippen LogP contribution in [0.4, 0.5) is 0 Å². The number of aromatic nitrogens is 1. The van der Waals surface area contributed by atoms with Crippen molar-refractivity contribution >= 4 is 0 Å². The number of methoxy groups -OCH3 is 1. The summed E-state index contributed by atoms with van der Waals surface area (Å²) in [5.41, 5.74) is 3.85. The van der Waals surface area contributed by atoms with E-state index in [9.17, 15) is 5.11 Å². The van der Waals surface area contributed by atoms with Crippen LogP contribution in [0.2, 0.25) is 0 Å². The summed E-state index contributed by atoms with van der Waals surface area (Å²) in [6, 6.07) is 9.68. The van der Waals surface area contributed by atoms with Crippen molar-refractivity contribution in [3.05, 3.63) is 65.0 Å². The number of ether oxygens (including phenoxy) is 1. The third-order valence-corrected chi connectivity index (χ3v) is 2.98. The van der Waals surface area contributed by atoms with Crippen LogP contribution < -0.4 is 0 Å². The van der Waals surface area contributed by atoms with Gasteiger partial charge in [0.15, 0.2) is 0 Å². The molecule has 1 aromatic heterocycles. The normalized spacial score (nSPS) is 12.4. The molecule has 94 valence electrons. The Morgan fingerprint density at radius 2 is 1.94 bits per heavy atom. The second-order valence-corrected chi connectivity index (χ2v) is 4.31. The van der Waals surface area contributed by atoms with E-state index >= 15 is 0 Å². The molecule has 1 heterocycles. The van der Waals surface area contributed by atoms with Crippen molar-refractivity contribution < 1.29 is 9.84 Å². The molecule has 1 unspecified atom stereocenters. The number of aliphatic hydroxyl groups is 1. The molecule has 3 nitrogen and oxygen atoms in total. The molecule has 0 bridgehead atoms. The van der Waals surface area contributed by atoms with E-state index in [0.29, 0.717) is 6.61 Å². The minimum Gasteiger partial charge on any atom is -0.384 e. The van der Waals surface area contributed by atoms with E-state index in [0.717, 1.165) is 22.3 Å². The summed E-state index contributed by atoms with van der Waals surface area (Å²) in [6.45, 7) is 2.56. The first-order valence-electron chi connectivity index (χ1n) is 5.88. The smallest absolute Gasteiger partial charge is 0.106 e. The zero-order chi connectivity index (χ0) is 13.0. The number of aryl methyl sites for hydroxylation is 1. The molecule has 0 radical (unpaired) electrons. The van der Waals surface area contributed by atoms with Crippen LogP contribution in [0.15, 0.2) is 42.7 Å². The first-order valence-corrected chi connectivity index (χ1v) is 5.88. The molecule has 0 saturated carbocycles. The average molecular weight is 243 g/mol. The number of aliphatic hydroxyl groups excluding tert-OH is 1.